The van der Waals surface area contributed by atoms with Gasteiger partial charge < -0.3 is 10.4 Å². The molecular weight excluding hydrogens is 236 g/mol. The first-order valence-electron chi connectivity index (χ1n) is 6.89. The Morgan fingerprint density at radius 3 is 2.47 bits per heavy atom. The van der Waals surface area contributed by atoms with Gasteiger partial charge >= 0.3 is 0 Å². The van der Waals surface area contributed by atoms with Gasteiger partial charge in [0.1, 0.15) is 11.6 Å². The second-order valence-corrected chi connectivity index (χ2v) is 6.43. The van der Waals surface area contributed by atoms with E-state index in [-0.39, 0.29) is 11.3 Å². The zero-order valence-corrected chi connectivity index (χ0v) is 12.5. The maximum Gasteiger partial charge on any atom is 0.118 e. The van der Waals surface area contributed by atoms with Crippen molar-refractivity contribution in [2.75, 3.05) is 13.1 Å². The number of amidine groups is 1. The first kappa shape index (κ1) is 13.9. The molecule has 1 heterocycles. The zero-order chi connectivity index (χ0) is 14.2. The van der Waals surface area contributed by atoms with E-state index in [0.29, 0.717) is 5.75 Å². The third-order valence-electron chi connectivity index (χ3n) is 3.83. The average molecular weight is 260 g/mol. The molecular formula is C16H24N2O. The Balaban J connectivity index is 2.59. The van der Waals surface area contributed by atoms with Crippen LogP contribution in [0.3, 0.4) is 0 Å². The highest BCUT2D eigenvalue weighted by Gasteiger charge is 2.34. The van der Waals surface area contributed by atoms with Gasteiger partial charge in [-0.3, -0.25) is 4.99 Å². The van der Waals surface area contributed by atoms with Crippen molar-refractivity contribution in [1.29, 1.82) is 0 Å². The van der Waals surface area contributed by atoms with Crippen molar-refractivity contribution < 1.29 is 5.11 Å². The van der Waals surface area contributed by atoms with E-state index in [4.69, 9.17) is 0 Å². The molecule has 3 heteroatoms. The van der Waals surface area contributed by atoms with Crippen LogP contribution in [0.5, 0.6) is 5.75 Å². The Kier molecular flexibility index (Phi) is 3.57. The predicted octanol–water partition coefficient (Wildman–Crippen LogP) is 3.14. The summed E-state index contributed by atoms with van der Waals surface area (Å²) in [6, 6.07) is 3.77. The van der Waals surface area contributed by atoms with Gasteiger partial charge in [0.25, 0.3) is 0 Å². The number of rotatable bonds is 2. The van der Waals surface area contributed by atoms with Crippen LogP contribution in [0.1, 0.15) is 43.4 Å². The van der Waals surface area contributed by atoms with Crippen LogP contribution in [-0.4, -0.2) is 24.0 Å². The molecule has 2 N–H and O–H groups in total. The lowest BCUT2D eigenvalue weighted by Crippen LogP contribution is -2.34. The van der Waals surface area contributed by atoms with Crippen molar-refractivity contribution >= 4 is 5.84 Å². The fourth-order valence-electron chi connectivity index (χ4n) is 2.89. The SMILES string of the molecule is Cc1ccc(O)c(C)c1C(C1=NCCN1)C(C)(C)C. The minimum absolute atomic E-state index is 0.0550. The van der Waals surface area contributed by atoms with Crippen molar-refractivity contribution in [3.8, 4) is 5.75 Å². The second-order valence-electron chi connectivity index (χ2n) is 6.43. The summed E-state index contributed by atoms with van der Waals surface area (Å²) in [6.07, 6.45) is 0. The third kappa shape index (κ3) is 2.60. The molecule has 0 fully saturated rings. The van der Waals surface area contributed by atoms with Gasteiger partial charge in [0.15, 0.2) is 0 Å². The van der Waals surface area contributed by atoms with Gasteiger partial charge in [-0.25, -0.2) is 0 Å². The molecule has 1 aromatic carbocycles. The molecule has 19 heavy (non-hydrogen) atoms. The van der Waals surface area contributed by atoms with Crippen molar-refractivity contribution in [2.24, 2.45) is 10.4 Å². The van der Waals surface area contributed by atoms with Gasteiger partial charge in [0.05, 0.1) is 6.54 Å². The molecule has 1 aliphatic rings. The molecule has 0 aromatic heterocycles. The highest BCUT2D eigenvalue weighted by molar-refractivity contribution is 5.91. The Bertz CT molecular complexity index is 512. The van der Waals surface area contributed by atoms with E-state index >= 15 is 0 Å². The molecule has 1 aliphatic heterocycles. The second kappa shape index (κ2) is 4.87. The van der Waals surface area contributed by atoms with E-state index in [2.05, 4.69) is 38.0 Å². The van der Waals surface area contributed by atoms with Crippen molar-refractivity contribution in [2.45, 2.75) is 40.5 Å². The zero-order valence-electron chi connectivity index (χ0n) is 12.5. The molecule has 0 saturated heterocycles. The number of hydrogen-bond donors (Lipinski definition) is 2. The van der Waals surface area contributed by atoms with Gasteiger partial charge in [-0.1, -0.05) is 26.8 Å². The Labute approximate surface area is 115 Å². The highest BCUT2D eigenvalue weighted by Crippen LogP contribution is 2.41. The van der Waals surface area contributed by atoms with E-state index in [0.717, 1.165) is 24.5 Å². The van der Waals surface area contributed by atoms with Gasteiger partial charge in [0, 0.05) is 12.5 Å². The van der Waals surface area contributed by atoms with Crippen molar-refractivity contribution in [3.05, 3.63) is 28.8 Å². The quantitative estimate of drug-likeness (QED) is 0.858. The Morgan fingerprint density at radius 2 is 1.95 bits per heavy atom. The summed E-state index contributed by atoms with van der Waals surface area (Å²) < 4.78 is 0. The van der Waals surface area contributed by atoms with Crippen molar-refractivity contribution in [3.63, 3.8) is 0 Å². The maximum absolute atomic E-state index is 10.0. The molecule has 3 nitrogen and oxygen atoms in total. The fourth-order valence-corrected chi connectivity index (χ4v) is 2.89. The van der Waals surface area contributed by atoms with E-state index in [1.165, 1.54) is 11.1 Å². The lowest BCUT2D eigenvalue weighted by atomic mass is 9.73. The first-order valence-corrected chi connectivity index (χ1v) is 6.89. The monoisotopic (exact) mass is 260 g/mol. The summed E-state index contributed by atoms with van der Waals surface area (Å²) in [7, 11) is 0. The topological polar surface area (TPSA) is 44.6 Å². The molecule has 1 unspecified atom stereocenters. The molecule has 0 aliphatic carbocycles. The molecule has 1 aromatic rings. The lowest BCUT2D eigenvalue weighted by Gasteiger charge is -2.33. The largest absolute Gasteiger partial charge is 0.508 e. The molecule has 0 amide bonds. The molecule has 0 bridgehead atoms. The summed E-state index contributed by atoms with van der Waals surface area (Å²) in [4.78, 5) is 4.61. The van der Waals surface area contributed by atoms with Crippen molar-refractivity contribution in [1.82, 2.24) is 5.32 Å². The number of aromatic hydroxyl groups is 1. The number of benzene rings is 1. The number of phenolic OH excluding ortho intramolecular Hbond substituents is 1. The average Bonchev–Trinajstić information content (AvgIpc) is 2.81. The lowest BCUT2D eigenvalue weighted by molar-refractivity contribution is 0.375. The number of phenols is 1. The van der Waals surface area contributed by atoms with Crippen LogP contribution in [0.2, 0.25) is 0 Å². The molecule has 0 radical (unpaired) electrons. The van der Waals surface area contributed by atoms with E-state index < -0.39 is 0 Å². The number of aryl methyl sites for hydroxylation is 1. The van der Waals surface area contributed by atoms with Crippen LogP contribution in [-0.2, 0) is 0 Å². The summed E-state index contributed by atoms with van der Waals surface area (Å²) in [5.41, 5.74) is 3.45. The standard InChI is InChI=1S/C16H24N2O/c1-10-6-7-12(19)11(2)13(10)14(16(3,4)5)15-17-8-9-18-15/h6-7,14,19H,8-9H2,1-5H3,(H,17,18). The van der Waals surface area contributed by atoms with E-state index in [1.807, 2.05) is 13.0 Å². The van der Waals surface area contributed by atoms with Gasteiger partial charge in [-0.15, -0.1) is 0 Å². The van der Waals surface area contributed by atoms with Crippen LogP contribution in [0, 0.1) is 19.3 Å². The third-order valence-corrected chi connectivity index (χ3v) is 3.83. The summed E-state index contributed by atoms with van der Waals surface area (Å²) in [5.74, 6) is 1.62. The van der Waals surface area contributed by atoms with Gasteiger partial charge in [-0.05, 0) is 42.0 Å². The Hall–Kier alpha value is -1.51. The summed E-state index contributed by atoms with van der Waals surface area (Å²) in [5, 5.41) is 13.4. The molecule has 2 rings (SSSR count). The molecule has 0 saturated carbocycles. The Morgan fingerprint density at radius 1 is 1.26 bits per heavy atom. The molecule has 1 atom stereocenters. The van der Waals surface area contributed by atoms with Gasteiger partial charge in [-0.2, -0.15) is 0 Å². The smallest absolute Gasteiger partial charge is 0.118 e. The number of nitrogens with one attached hydrogen (secondary N) is 1. The van der Waals surface area contributed by atoms with E-state index in [9.17, 15) is 5.11 Å². The van der Waals surface area contributed by atoms with Crippen LogP contribution >= 0.6 is 0 Å². The van der Waals surface area contributed by atoms with Crippen LogP contribution in [0.4, 0.5) is 0 Å². The highest BCUT2D eigenvalue weighted by atomic mass is 16.3. The minimum Gasteiger partial charge on any atom is -0.508 e. The minimum atomic E-state index is 0.0550. The van der Waals surface area contributed by atoms with E-state index in [1.54, 1.807) is 6.07 Å². The first-order chi connectivity index (χ1) is 8.82. The fraction of sp³-hybridized carbons (Fsp3) is 0.562. The number of aliphatic imine (C=N–C) groups is 1. The maximum atomic E-state index is 10.0. The van der Waals surface area contributed by atoms with Crippen LogP contribution < -0.4 is 5.32 Å². The summed E-state index contributed by atoms with van der Waals surface area (Å²) in [6.45, 7) is 12.5. The summed E-state index contributed by atoms with van der Waals surface area (Å²) >= 11 is 0. The number of hydrogen-bond acceptors (Lipinski definition) is 3. The van der Waals surface area contributed by atoms with Crippen LogP contribution in [0.25, 0.3) is 0 Å². The van der Waals surface area contributed by atoms with Gasteiger partial charge in [0.2, 0.25) is 0 Å². The molecule has 0 spiro atoms. The van der Waals surface area contributed by atoms with Crippen LogP contribution in [0.15, 0.2) is 17.1 Å². The normalized spacial score (nSPS) is 17.0. The molecule has 104 valence electrons. The number of nitrogens with zero attached hydrogens (tertiary/aromatic N) is 1. The predicted molar refractivity (Wildman–Crippen MR) is 80.1 cm³/mol.